The molecule has 1 aliphatic rings. The number of aromatic nitrogens is 5. The van der Waals surface area contributed by atoms with Gasteiger partial charge in [0.2, 0.25) is 0 Å². The summed E-state index contributed by atoms with van der Waals surface area (Å²) in [5, 5.41) is 7.29. The maximum Gasteiger partial charge on any atom is 0.387 e. The molecule has 4 aromatic rings. The van der Waals surface area contributed by atoms with E-state index in [4.69, 9.17) is 4.84 Å². The van der Waals surface area contributed by atoms with Crippen LogP contribution in [0.2, 0.25) is 0 Å². The molecule has 1 saturated heterocycles. The van der Waals surface area contributed by atoms with Crippen LogP contribution >= 0.6 is 0 Å². The second-order valence-electron chi connectivity index (χ2n) is 7.64. The average Bonchev–Trinajstić information content (AvgIpc) is 3.54. The van der Waals surface area contributed by atoms with Crippen LogP contribution in [0, 0.1) is 6.92 Å². The van der Waals surface area contributed by atoms with Gasteiger partial charge in [0, 0.05) is 16.9 Å². The Kier molecular flexibility index (Phi) is 6.06. The van der Waals surface area contributed by atoms with Crippen LogP contribution in [0.25, 0.3) is 22.4 Å². The number of amides is 2. The lowest BCUT2D eigenvalue weighted by atomic mass is 10.1. The molecule has 0 unspecified atom stereocenters. The topological polar surface area (TPSA) is 130 Å². The van der Waals surface area contributed by atoms with E-state index in [0.29, 0.717) is 52.8 Å². The van der Waals surface area contributed by atoms with E-state index in [1.165, 1.54) is 30.0 Å². The van der Waals surface area contributed by atoms with Gasteiger partial charge in [0.15, 0.2) is 5.65 Å². The highest BCUT2D eigenvalue weighted by Crippen LogP contribution is 2.35. The minimum Gasteiger partial charge on any atom is -0.433 e. The van der Waals surface area contributed by atoms with Crippen molar-refractivity contribution < 1.29 is 23.1 Å². The standard InChI is InChI=1S/C22H20F2N8O3/c1-12-3-4-13(30-22(33)32-5-2-6-34-32)7-16(12)31-19-15(8-14(9-25-19)35-21(23)24)17-18-20(28-10-26-17)29-11-27-18/h3-4,7-11,21H,2,5-6H2,1H3,(H,25,31)(H,30,33)(H,26,27,28,29). The summed E-state index contributed by atoms with van der Waals surface area (Å²) in [4.78, 5) is 37.5. The molecular formula is C22H20F2N8O3. The number of nitrogens with one attached hydrogen (secondary N) is 3. The number of rotatable bonds is 6. The van der Waals surface area contributed by atoms with Crippen LogP contribution in [0.4, 0.5) is 30.8 Å². The highest BCUT2D eigenvalue weighted by molar-refractivity contribution is 5.93. The lowest BCUT2D eigenvalue weighted by Gasteiger charge is -2.17. The van der Waals surface area contributed by atoms with Crippen LogP contribution < -0.4 is 15.4 Å². The predicted octanol–water partition coefficient (Wildman–Crippen LogP) is 4.24. The highest BCUT2D eigenvalue weighted by atomic mass is 19.3. The number of carbonyl (C=O) groups excluding carboxylic acids is 1. The minimum absolute atomic E-state index is 0.129. The molecule has 1 fully saturated rings. The Bertz CT molecular complexity index is 1370. The fraction of sp³-hybridized carbons (Fsp3) is 0.227. The number of aromatic amines is 1. The number of ether oxygens (including phenoxy) is 1. The lowest BCUT2D eigenvalue weighted by molar-refractivity contribution is -0.0614. The molecule has 13 heteroatoms. The lowest BCUT2D eigenvalue weighted by Crippen LogP contribution is -2.31. The van der Waals surface area contributed by atoms with E-state index in [-0.39, 0.29) is 11.8 Å². The molecule has 5 rings (SSSR count). The predicted molar refractivity (Wildman–Crippen MR) is 122 cm³/mol. The normalized spacial score (nSPS) is 13.4. The maximum atomic E-state index is 12.9. The number of urea groups is 1. The number of nitrogens with zero attached hydrogens (tertiary/aromatic N) is 5. The number of halogens is 2. The quantitative estimate of drug-likeness (QED) is 0.372. The van der Waals surface area contributed by atoms with Gasteiger partial charge in [-0.25, -0.2) is 29.8 Å². The van der Waals surface area contributed by atoms with Gasteiger partial charge in [-0.1, -0.05) is 6.07 Å². The number of pyridine rings is 1. The van der Waals surface area contributed by atoms with Crippen molar-refractivity contribution in [1.82, 2.24) is 30.0 Å². The summed E-state index contributed by atoms with van der Waals surface area (Å²) in [5.41, 5.74) is 3.73. The molecule has 3 N–H and O–H groups in total. The van der Waals surface area contributed by atoms with Gasteiger partial charge in [-0.15, -0.1) is 0 Å². The molecule has 11 nitrogen and oxygen atoms in total. The van der Waals surface area contributed by atoms with Crippen molar-refractivity contribution >= 4 is 34.4 Å². The van der Waals surface area contributed by atoms with E-state index in [1.807, 2.05) is 13.0 Å². The maximum absolute atomic E-state index is 12.9. The number of aryl methyl sites for hydroxylation is 1. The Balaban J connectivity index is 1.50. The second-order valence-corrected chi connectivity index (χ2v) is 7.64. The monoisotopic (exact) mass is 482 g/mol. The van der Waals surface area contributed by atoms with Crippen LogP contribution in [0.3, 0.4) is 0 Å². The zero-order valence-corrected chi connectivity index (χ0v) is 18.5. The van der Waals surface area contributed by atoms with Crippen molar-refractivity contribution in [3.63, 3.8) is 0 Å². The van der Waals surface area contributed by atoms with Gasteiger partial charge < -0.3 is 20.4 Å². The molecule has 4 heterocycles. The minimum atomic E-state index is -3.01. The van der Waals surface area contributed by atoms with E-state index in [1.54, 1.807) is 12.1 Å². The van der Waals surface area contributed by atoms with Crippen LogP contribution in [0.5, 0.6) is 5.75 Å². The Morgan fingerprint density at radius 1 is 1.23 bits per heavy atom. The number of fused-ring (bicyclic) bond motifs is 1. The zero-order valence-electron chi connectivity index (χ0n) is 18.5. The molecule has 0 atom stereocenters. The summed E-state index contributed by atoms with van der Waals surface area (Å²) in [6.07, 6.45) is 4.75. The van der Waals surface area contributed by atoms with Gasteiger partial charge in [0.1, 0.15) is 29.1 Å². The molecule has 180 valence electrons. The fourth-order valence-corrected chi connectivity index (χ4v) is 3.62. The van der Waals surface area contributed by atoms with E-state index in [9.17, 15) is 13.6 Å². The molecule has 2 amide bonds. The highest BCUT2D eigenvalue weighted by Gasteiger charge is 2.20. The van der Waals surface area contributed by atoms with Crippen molar-refractivity contribution in [3.05, 3.63) is 48.7 Å². The van der Waals surface area contributed by atoms with Gasteiger partial charge >= 0.3 is 12.6 Å². The van der Waals surface area contributed by atoms with Crippen molar-refractivity contribution in [2.45, 2.75) is 20.0 Å². The Morgan fingerprint density at radius 2 is 2.11 bits per heavy atom. The van der Waals surface area contributed by atoms with E-state index < -0.39 is 6.61 Å². The molecule has 1 aliphatic heterocycles. The van der Waals surface area contributed by atoms with Gasteiger partial charge in [-0.3, -0.25) is 4.84 Å². The molecule has 0 radical (unpaired) electrons. The summed E-state index contributed by atoms with van der Waals surface area (Å²) >= 11 is 0. The molecular weight excluding hydrogens is 462 g/mol. The molecule has 0 saturated carbocycles. The third-order valence-corrected chi connectivity index (χ3v) is 5.29. The molecule has 0 bridgehead atoms. The number of benzene rings is 1. The summed E-state index contributed by atoms with van der Waals surface area (Å²) in [7, 11) is 0. The van der Waals surface area contributed by atoms with Gasteiger partial charge in [-0.2, -0.15) is 8.78 Å². The molecule has 35 heavy (non-hydrogen) atoms. The summed E-state index contributed by atoms with van der Waals surface area (Å²) < 4.78 is 30.3. The second kappa shape index (κ2) is 9.46. The van der Waals surface area contributed by atoms with E-state index in [0.717, 1.165) is 12.0 Å². The molecule has 0 spiro atoms. The van der Waals surface area contributed by atoms with Crippen molar-refractivity contribution in [2.24, 2.45) is 0 Å². The fourth-order valence-electron chi connectivity index (χ4n) is 3.62. The first-order valence-corrected chi connectivity index (χ1v) is 10.7. The number of H-pyrrole nitrogens is 1. The zero-order chi connectivity index (χ0) is 24.4. The third-order valence-electron chi connectivity index (χ3n) is 5.29. The van der Waals surface area contributed by atoms with Crippen LogP contribution in [-0.2, 0) is 4.84 Å². The smallest absolute Gasteiger partial charge is 0.387 e. The average molecular weight is 482 g/mol. The van der Waals surface area contributed by atoms with Gasteiger partial charge in [0.25, 0.3) is 0 Å². The Hall–Kier alpha value is -4.39. The van der Waals surface area contributed by atoms with Gasteiger partial charge in [0.05, 0.1) is 25.7 Å². The number of carbonyl (C=O) groups is 1. The number of anilines is 3. The molecule has 3 aromatic heterocycles. The van der Waals surface area contributed by atoms with Crippen LogP contribution in [-0.4, -0.2) is 55.8 Å². The van der Waals surface area contributed by atoms with Crippen LogP contribution in [0.1, 0.15) is 12.0 Å². The third kappa shape index (κ3) is 4.80. The van der Waals surface area contributed by atoms with Crippen LogP contribution in [0.15, 0.2) is 43.1 Å². The van der Waals surface area contributed by atoms with E-state index >= 15 is 0 Å². The number of hydrogen-bond donors (Lipinski definition) is 3. The summed E-state index contributed by atoms with van der Waals surface area (Å²) in [6.45, 7) is -0.114. The number of hydroxylamine groups is 2. The number of hydrogen-bond acceptors (Lipinski definition) is 8. The summed E-state index contributed by atoms with van der Waals surface area (Å²) in [6, 6.07) is 6.38. The first-order valence-electron chi connectivity index (χ1n) is 10.7. The van der Waals surface area contributed by atoms with Crippen molar-refractivity contribution in [1.29, 1.82) is 0 Å². The Labute approximate surface area is 197 Å². The largest absolute Gasteiger partial charge is 0.433 e. The first-order chi connectivity index (χ1) is 17.0. The van der Waals surface area contributed by atoms with E-state index in [2.05, 4.69) is 40.3 Å². The number of alkyl halides is 2. The Morgan fingerprint density at radius 3 is 2.91 bits per heavy atom. The van der Waals surface area contributed by atoms with Crippen molar-refractivity contribution in [2.75, 3.05) is 23.8 Å². The SMILES string of the molecule is Cc1ccc(NC(=O)N2CCCO2)cc1Nc1ncc(OC(F)F)cc1-c1ncnc2nc[nH]c12. The molecule has 1 aromatic carbocycles. The van der Waals surface area contributed by atoms with Crippen molar-refractivity contribution in [3.8, 4) is 17.0 Å². The molecule has 0 aliphatic carbocycles. The number of imidazole rings is 1. The van der Waals surface area contributed by atoms with Gasteiger partial charge in [-0.05, 0) is 37.1 Å². The summed E-state index contributed by atoms with van der Waals surface area (Å²) in [5.74, 6) is 0.200. The first kappa shape index (κ1) is 22.4.